The van der Waals surface area contributed by atoms with Crippen molar-refractivity contribution < 1.29 is 13.2 Å². The van der Waals surface area contributed by atoms with Gasteiger partial charge in [0.15, 0.2) is 0 Å². The van der Waals surface area contributed by atoms with Crippen LogP contribution in [0.15, 0.2) is 103 Å². The van der Waals surface area contributed by atoms with E-state index in [1.54, 1.807) is 30.3 Å². The molecule has 0 saturated carbocycles. The molecule has 1 aromatic heterocycles. The molecule has 0 bridgehead atoms. The highest BCUT2D eigenvalue weighted by atomic mass is 35.5. The van der Waals surface area contributed by atoms with Crippen LogP contribution in [0.5, 0.6) is 0 Å². The molecule has 1 saturated heterocycles. The molecule has 1 aliphatic heterocycles. The Kier molecular flexibility index (Phi) is 10.0. The van der Waals surface area contributed by atoms with Crippen molar-refractivity contribution in [3.05, 3.63) is 136 Å². The van der Waals surface area contributed by atoms with Crippen LogP contribution in [0.3, 0.4) is 0 Å². The molecule has 1 unspecified atom stereocenters. The lowest BCUT2D eigenvalue weighted by atomic mass is 9.89. The number of benzene rings is 4. The summed E-state index contributed by atoms with van der Waals surface area (Å²) in [6.07, 6.45) is 9.13. The first-order valence-electron chi connectivity index (χ1n) is 15.9. The van der Waals surface area contributed by atoms with Gasteiger partial charge >= 0.3 is 10.2 Å². The minimum absolute atomic E-state index is 0.267. The van der Waals surface area contributed by atoms with Crippen LogP contribution in [-0.2, 0) is 21.4 Å². The van der Waals surface area contributed by atoms with Gasteiger partial charge in [-0.3, -0.25) is 4.79 Å². The molecule has 242 valence electrons. The smallest absolute Gasteiger partial charge is 0.302 e. The van der Waals surface area contributed by atoms with E-state index in [0.717, 1.165) is 33.2 Å². The zero-order valence-corrected chi connectivity index (χ0v) is 28.4. The van der Waals surface area contributed by atoms with Gasteiger partial charge in [0.05, 0.1) is 22.3 Å². The van der Waals surface area contributed by atoms with Crippen LogP contribution < -0.4 is 9.03 Å². The van der Waals surface area contributed by atoms with Gasteiger partial charge in [-0.25, -0.2) is 14.0 Å². The molecule has 1 fully saturated rings. The Morgan fingerprint density at radius 1 is 0.830 bits per heavy atom. The van der Waals surface area contributed by atoms with Gasteiger partial charge in [-0.05, 0) is 65.9 Å². The van der Waals surface area contributed by atoms with E-state index in [0.29, 0.717) is 27.1 Å². The van der Waals surface area contributed by atoms with Gasteiger partial charge < -0.3 is 4.57 Å². The molecule has 1 N–H and O–H groups in total. The third-order valence-electron chi connectivity index (χ3n) is 8.43. The second-order valence-electron chi connectivity index (χ2n) is 11.8. The van der Waals surface area contributed by atoms with E-state index in [1.807, 2.05) is 41.1 Å². The predicted octanol–water partition coefficient (Wildman–Crippen LogP) is 8.72. The Labute approximate surface area is 286 Å². The number of nitrogens with one attached hydrogen (secondary N) is 1. The van der Waals surface area contributed by atoms with Crippen LogP contribution in [0.4, 0.5) is 5.69 Å². The zero-order chi connectivity index (χ0) is 33.0. The highest BCUT2D eigenvalue weighted by Crippen LogP contribution is 2.38. The molecule has 47 heavy (non-hydrogen) atoms. The Morgan fingerprint density at radius 2 is 1.55 bits per heavy atom. The first kappa shape index (κ1) is 32.8. The highest BCUT2D eigenvalue weighted by Gasteiger charge is 2.34. The lowest BCUT2D eigenvalue weighted by molar-refractivity contribution is -0.117. The maximum atomic E-state index is 12.7. The van der Waals surface area contributed by atoms with Gasteiger partial charge in [-0.1, -0.05) is 116 Å². The molecule has 1 aliphatic rings. The van der Waals surface area contributed by atoms with Gasteiger partial charge in [0.1, 0.15) is 12.4 Å². The minimum Gasteiger partial charge on any atom is -0.302 e. The van der Waals surface area contributed by atoms with E-state index >= 15 is 0 Å². The number of aryl methyl sites for hydroxylation is 1. The second kappa shape index (κ2) is 14.3. The van der Waals surface area contributed by atoms with Crippen molar-refractivity contribution >= 4 is 45.0 Å². The summed E-state index contributed by atoms with van der Waals surface area (Å²) in [5, 5.41) is 0.989. The number of aromatic nitrogens is 2. The van der Waals surface area contributed by atoms with Crippen molar-refractivity contribution in [2.45, 2.75) is 51.4 Å². The van der Waals surface area contributed by atoms with Gasteiger partial charge in [-0.15, -0.1) is 0 Å². The SMILES string of the molecule is CCCCCCCc1ccc(C(c2ccccc2)c2nc(-c3ccc(Cl)cc3Cl)cn2-c2cccc(N3CC(=O)NS3(=O)=O)c2)cc1. The van der Waals surface area contributed by atoms with Gasteiger partial charge in [-0.2, -0.15) is 8.42 Å². The molecule has 0 spiro atoms. The van der Waals surface area contributed by atoms with Crippen LogP contribution >= 0.6 is 23.2 Å². The topological polar surface area (TPSA) is 84.3 Å². The molecular formula is C37H36Cl2N4O3S. The fourth-order valence-electron chi connectivity index (χ4n) is 6.05. The summed E-state index contributed by atoms with van der Waals surface area (Å²) in [5.74, 6) is -0.121. The quantitative estimate of drug-likeness (QED) is 0.133. The maximum Gasteiger partial charge on any atom is 0.326 e. The Morgan fingerprint density at radius 3 is 2.26 bits per heavy atom. The number of imidazole rings is 1. The Bertz CT molecular complexity index is 1980. The van der Waals surface area contributed by atoms with E-state index < -0.39 is 16.1 Å². The van der Waals surface area contributed by atoms with Gasteiger partial charge in [0.25, 0.3) is 5.91 Å². The first-order chi connectivity index (χ1) is 22.7. The number of hydrogen-bond acceptors (Lipinski definition) is 4. The molecule has 10 heteroatoms. The fourth-order valence-corrected chi connectivity index (χ4v) is 7.70. The lowest BCUT2D eigenvalue weighted by Gasteiger charge is -2.21. The average Bonchev–Trinajstić information content (AvgIpc) is 3.61. The number of amides is 1. The van der Waals surface area contributed by atoms with Crippen molar-refractivity contribution in [3.63, 3.8) is 0 Å². The van der Waals surface area contributed by atoms with E-state index in [9.17, 15) is 13.2 Å². The molecule has 6 rings (SSSR count). The number of rotatable bonds is 12. The molecule has 7 nitrogen and oxygen atoms in total. The summed E-state index contributed by atoms with van der Waals surface area (Å²) >= 11 is 12.9. The number of nitrogens with zero attached hydrogens (tertiary/aromatic N) is 3. The number of carbonyl (C=O) groups excluding carboxylic acids is 1. The first-order valence-corrected chi connectivity index (χ1v) is 18.1. The summed E-state index contributed by atoms with van der Waals surface area (Å²) in [6.45, 7) is 1.94. The third-order valence-corrected chi connectivity index (χ3v) is 10.4. The molecule has 0 aliphatic carbocycles. The molecule has 0 radical (unpaired) electrons. The molecular weight excluding hydrogens is 651 g/mol. The van der Waals surface area contributed by atoms with Crippen LogP contribution in [0.25, 0.3) is 16.9 Å². The number of carbonyl (C=O) groups is 1. The van der Waals surface area contributed by atoms with E-state index in [2.05, 4.69) is 48.0 Å². The molecule has 5 aromatic rings. The Hall–Kier alpha value is -4.11. The largest absolute Gasteiger partial charge is 0.326 e. The molecule has 1 amide bonds. The molecule has 2 heterocycles. The summed E-state index contributed by atoms with van der Waals surface area (Å²) in [5.41, 5.74) is 5.83. The summed E-state index contributed by atoms with van der Waals surface area (Å²) in [6, 6.07) is 31.4. The van der Waals surface area contributed by atoms with Crippen molar-refractivity contribution in [1.29, 1.82) is 0 Å². The van der Waals surface area contributed by atoms with Crippen molar-refractivity contribution in [2.75, 3.05) is 10.8 Å². The van der Waals surface area contributed by atoms with Gasteiger partial charge in [0.2, 0.25) is 0 Å². The number of halogens is 2. The van der Waals surface area contributed by atoms with E-state index in [1.165, 1.54) is 37.7 Å². The fraction of sp³-hybridized carbons (Fsp3) is 0.243. The Balaban J connectivity index is 1.47. The third kappa shape index (κ3) is 7.40. The maximum absolute atomic E-state index is 12.7. The predicted molar refractivity (Wildman–Crippen MR) is 190 cm³/mol. The molecule has 1 atom stereocenters. The van der Waals surface area contributed by atoms with Crippen molar-refractivity contribution in [1.82, 2.24) is 14.3 Å². The monoisotopic (exact) mass is 686 g/mol. The van der Waals surface area contributed by atoms with Crippen molar-refractivity contribution in [2.24, 2.45) is 0 Å². The molecule has 4 aromatic carbocycles. The van der Waals surface area contributed by atoms with Crippen LogP contribution in [0.2, 0.25) is 10.0 Å². The average molecular weight is 688 g/mol. The van der Waals surface area contributed by atoms with Crippen LogP contribution in [-0.4, -0.2) is 30.4 Å². The van der Waals surface area contributed by atoms with E-state index in [4.69, 9.17) is 28.2 Å². The zero-order valence-electron chi connectivity index (χ0n) is 26.1. The standard InChI is InChI=1S/C37H36Cl2N4O3S/c1-2-3-4-5-7-11-26-16-18-28(19-17-26)36(27-12-8-6-9-13-27)37-40-34(32-21-20-29(38)22-33(32)39)24-42(37)30-14-10-15-31(23-30)43-25-35(44)41-47(43,45)46/h6,8-10,12-24,36H,2-5,7,11,25H2,1H3,(H,41,44). The van der Waals surface area contributed by atoms with Crippen LogP contribution in [0.1, 0.15) is 67.5 Å². The highest BCUT2D eigenvalue weighted by molar-refractivity contribution is 7.92. The summed E-state index contributed by atoms with van der Waals surface area (Å²) < 4.78 is 30.5. The van der Waals surface area contributed by atoms with Crippen LogP contribution in [0, 0.1) is 0 Å². The minimum atomic E-state index is -3.99. The normalized spacial score (nSPS) is 14.7. The number of unbranched alkanes of at least 4 members (excludes halogenated alkanes) is 4. The van der Waals surface area contributed by atoms with Crippen molar-refractivity contribution in [3.8, 4) is 16.9 Å². The lowest BCUT2D eigenvalue weighted by Crippen LogP contribution is -2.29. The number of anilines is 1. The summed E-state index contributed by atoms with van der Waals surface area (Å²) in [7, 11) is -3.99. The van der Waals surface area contributed by atoms with Gasteiger partial charge in [0, 0.05) is 22.5 Å². The summed E-state index contributed by atoms with van der Waals surface area (Å²) in [4.78, 5) is 17.2. The second-order valence-corrected chi connectivity index (χ2v) is 14.2. The number of hydrogen-bond donors (Lipinski definition) is 1. The van der Waals surface area contributed by atoms with E-state index in [-0.39, 0.29) is 12.5 Å².